The highest BCUT2D eigenvalue weighted by atomic mass is 32.1. The van der Waals surface area contributed by atoms with Gasteiger partial charge in [-0.1, -0.05) is 12.1 Å². The molecule has 0 aliphatic rings. The van der Waals surface area contributed by atoms with Crippen LogP contribution in [0.1, 0.15) is 36.4 Å². The molecule has 8 heteroatoms. The van der Waals surface area contributed by atoms with Crippen molar-refractivity contribution in [2.75, 3.05) is 0 Å². The van der Waals surface area contributed by atoms with E-state index in [9.17, 15) is 14.4 Å². The van der Waals surface area contributed by atoms with Gasteiger partial charge in [-0.05, 0) is 38.8 Å². The molecule has 0 aliphatic carbocycles. The lowest BCUT2D eigenvalue weighted by molar-refractivity contribution is 0.0316. The highest BCUT2D eigenvalue weighted by Crippen LogP contribution is 2.30. The second kappa shape index (κ2) is 8.15. The van der Waals surface area contributed by atoms with E-state index in [1.165, 1.54) is 17.4 Å². The summed E-state index contributed by atoms with van der Waals surface area (Å²) in [7, 11) is 0. The number of hydrogen-bond acceptors (Lipinski definition) is 6. The van der Waals surface area contributed by atoms with E-state index in [0.29, 0.717) is 26.7 Å². The first-order valence-corrected chi connectivity index (χ1v) is 9.01. The minimum Gasteiger partial charge on any atom is -0.444 e. The van der Waals surface area contributed by atoms with Gasteiger partial charge in [-0.15, -0.1) is 11.3 Å². The molecule has 0 saturated carbocycles. The van der Waals surface area contributed by atoms with E-state index in [2.05, 4.69) is 17.1 Å². The molecule has 2 aromatic rings. The molecule has 140 valence electrons. The number of aromatic nitrogens is 1. The van der Waals surface area contributed by atoms with Gasteiger partial charge in [-0.3, -0.25) is 0 Å². The third-order valence-corrected chi connectivity index (χ3v) is 5.07. The monoisotopic (exact) mass is 386 g/mol. The lowest BCUT2D eigenvalue weighted by Gasteiger charge is -2.26. The number of nitrogens with two attached hydrogens (primary N) is 1. The summed E-state index contributed by atoms with van der Waals surface area (Å²) < 4.78 is 19.6. The van der Waals surface area contributed by atoms with Crippen molar-refractivity contribution in [2.24, 2.45) is 11.7 Å². The van der Waals surface area contributed by atoms with Crippen molar-refractivity contribution in [1.29, 1.82) is 10.5 Å². The molecule has 6 nitrogen and oxygen atoms in total. The molecule has 0 fully saturated rings. The van der Waals surface area contributed by atoms with Crippen molar-refractivity contribution in [3.63, 3.8) is 0 Å². The number of carbonyl (C=O) groups excluding carboxylic acids is 1. The molecule has 0 aliphatic heterocycles. The van der Waals surface area contributed by atoms with E-state index >= 15 is 0 Å². The molecule has 1 heterocycles. The van der Waals surface area contributed by atoms with Gasteiger partial charge < -0.3 is 10.5 Å². The van der Waals surface area contributed by atoms with E-state index in [0.717, 1.165) is 0 Å². The van der Waals surface area contributed by atoms with Crippen molar-refractivity contribution in [1.82, 2.24) is 4.98 Å². The normalized spacial score (nSPS) is 12.1. The zero-order valence-corrected chi connectivity index (χ0v) is 16.1. The lowest BCUT2D eigenvalue weighted by Crippen LogP contribution is -2.33. The lowest BCUT2D eigenvalue weighted by atomic mass is 9.89. The maximum Gasteiger partial charge on any atom is 0.405 e. The van der Waals surface area contributed by atoms with Gasteiger partial charge in [0.25, 0.3) is 0 Å². The van der Waals surface area contributed by atoms with Crippen LogP contribution in [0.4, 0.5) is 9.18 Å². The quantitative estimate of drug-likeness (QED) is 0.804. The fourth-order valence-corrected chi connectivity index (χ4v) is 3.67. The van der Waals surface area contributed by atoms with Crippen LogP contribution in [-0.2, 0) is 11.2 Å². The van der Waals surface area contributed by atoms with Gasteiger partial charge in [-0.25, -0.2) is 14.2 Å². The Morgan fingerprint density at radius 2 is 2.15 bits per heavy atom. The van der Waals surface area contributed by atoms with E-state index in [4.69, 9.17) is 15.7 Å². The molecule has 0 saturated heterocycles. The molecular formula is C19H19FN4O2S. The molecule has 1 atom stereocenters. The minimum atomic E-state index is -0.922. The van der Waals surface area contributed by atoms with Crippen LogP contribution in [0, 0.1) is 41.3 Å². The van der Waals surface area contributed by atoms with Crippen LogP contribution in [0.25, 0.3) is 10.6 Å². The summed E-state index contributed by atoms with van der Waals surface area (Å²) in [6, 6.07) is 8.87. The molecule has 27 heavy (non-hydrogen) atoms. The average Bonchev–Trinajstić information content (AvgIpc) is 2.95. The van der Waals surface area contributed by atoms with E-state index in [1.807, 2.05) is 0 Å². The van der Waals surface area contributed by atoms with E-state index in [1.54, 1.807) is 32.9 Å². The number of nitriles is 2. The number of benzene rings is 1. The first-order chi connectivity index (χ1) is 12.6. The van der Waals surface area contributed by atoms with Crippen LogP contribution in [0.3, 0.4) is 0 Å². The number of aryl methyl sites for hydroxylation is 1. The number of nitrogens with zero attached hydrogens (tertiary/aromatic N) is 3. The molecular weight excluding hydrogens is 367 g/mol. The Bertz CT molecular complexity index is 940. The smallest absolute Gasteiger partial charge is 0.405 e. The second-order valence-electron chi connectivity index (χ2n) is 6.77. The van der Waals surface area contributed by atoms with Crippen molar-refractivity contribution in [2.45, 2.75) is 39.2 Å². The van der Waals surface area contributed by atoms with Crippen LogP contribution >= 0.6 is 11.3 Å². The van der Waals surface area contributed by atoms with Gasteiger partial charge in [-0.2, -0.15) is 10.5 Å². The Kier molecular flexibility index (Phi) is 6.14. The highest BCUT2D eigenvalue weighted by molar-refractivity contribution is 7.15. The first-order valence-electron chi connectivity index (χ1n) is 8.19. The van der Waals surface area contributed by atoms with E-state index in [-0.39, 0.29) is 12.8 Å². The number of primary amides is 1. The van der Waals surface area contributed by atoms with Crippen LogP contribution in [0.15, 0.2) is 18.2 Å². The summed E-state index contributed by atoms with van der Waals surface area (Å²) in [5.41, 5.74) is 5.69. The third-order valence-electron chi connectivity index (χ3n) is 3.96. The minimum absolute atomic E-state index is 0.175. The van der Waals surface area contributed by atoms with Crippen LogP contribution in [0.2, 0.25) is 0 Å². The Labute approximate surface area is 161 Å². The molecule has 2 N–H and O–H groups in total. The van der Waals surface area contributed by atoms with Crippen molar-refractivity contribution in [3.8, 4) is 22.7 Å². The third kappa shape index (κ3) is 5.25. The standard InChI is InChI=1S/C19H19FN4O2S/c1-11-16(10-22)27-17(24-11)14-5-4-13(15(20)7-14)6-12(9-21)8-19(2,3)26-18(23)25/h4-5,7,12H,6,8H2,1-3H3,(H2,23,25)/t12-/m0/s1. The predicted molar refractivity (Wildman–Crippen MR) is 99.1 cm³/mol. The second-order valence-corrected chi connectivity index (χ2v) is 7.77. The SMILES string of the molecule is Cc1nc(-c2ccc(C[C@H](C#N)CC(C)(C)OC(N)=O)c(F)c2)sc1C#N. The number of ether oxygens (including phenoxy) is 1. The van der Waals surface area contributed by atoms with E-state index < -0.39 is 23.4 Å². The van der Waals surface area contributed by atoms with Gasteiger partial charge in [0.1, 0.15) is 27.4 Å². The largest absolute Gasteiger partial charge is 0.444 e. The summed E-state index contributed by atoms with van der Waals surface area (Å²) in [6.07, 6.45) is -0.512. The molecule has 0 spiro atoms. The van der Waals surface area contributed by atoms with Gasteiger partial charge >= 0.3 is 6.09 Å². The van der Waals surface area contributed by atoms with Gasteiger partial charge in [0.2, 0.25) is 0 Å². The molecule has 1 aromatic heterocycles. The molecule has 2 rings (SSSR count). The van der Waals surface area contributed by atoms with Crippen LogP contribution < -0.4 is 5.73 Å². The predicted octanol–water partition coefficient (Wildman–Crippen LogP) is 4.08. The van der Waals surface area contributed by atoms with Gasteiger partial charge in [0.15, 0.2) is 0 Å². The molecule has 1 amide bonds. The Morgan fingerprint density at radius 3 is 2.67 bits per heavy atom. The zero-order chi connectivity index (χ0) is 20.2. The maximum absolute atomic E-state index is 14.6. The van der Waals surface area contributed by atoms with Gasteiger partial charge in [0.05, 0.1) is 17.7 Å². The molecule has 0 unspecified atom stereocenters. The number of rotatable bonds is 6. The number of thiazole rings is 1. The molecule has 0 radical (unpaired) electrons. The average molecular weight is 386 g/mol. The van der Waals surface area contributed by atoms with Gasteiger partial charge in [0, 0.05) is 12.0 Å². The Morgan fingerprint density at radius 1 is 1.44 bits per heavy atom. The number of amides is 1. The maximum atomic E-state index is 14.6. The van der Waals surface area contributed by atoms with Crippen LogP contribution in [-0.4, -0.2) is 16.7 Å². The Balaban J connectivity index is 2.18. The summed E-state index contributed by atoms with van der Waals surface area (Å²) >= 11 is 1.21. The molecule has 1 aromatic carbocycles. The summed E-state index contributed by atoms with van der Waals surface area (Å²) in [6.45, 7) is 5.04. The topological polar surface area (TPSA) is 113 Å². The fraction of sp³-hybridized carbons (Fsp3) is 0.368. The number of hydrogen-bond donors (Lipinski definition) is 1. The summed E-state index contributed by atoms with van der Waals surface area (Å²) in [5.74, 6) is -1.00. The summed E-state index contributed by atoms with van der Waals surface area (Å²) in [4.78, 5) is 15.7. The van der Waals surface area contributed by atoms with Crippen molar-refractivity contribution >= 4 is 17.4 Å². The highest BCUT2D eigenvalue weighted by Gasteiger charge is 2.27. The van der Waals surface area contributed by atoms with Crippen molar-refractivity contribution < 1.29 is 13.9 Å². The van der Waals surface area contributed by atoms with Crippen molar-refractivity contribution in [3.05, 3.63) is 40.2 Å². The zero-order valence-electron chi connectivity index (χ0n) is 15.2. The first kappa shape index (κ1) is 20.3. The Hall–Kier alpha value is -2.97. The molecule has 0 bridgehead atoms. The number of halogens is 1. The summed E-state index contributed by atoms with van der Waals surface area (Å²) in [5, 5.41) is 19.0. The van der Waals surface area contributed by atoms with Crippen LogP contribution in [0.5, 0.6) is 0 Å². The fourth-order valence-electron chi connectivity index (χ4n) is 2.81. The number of carbonyl (C=O) groups is 1.